The Hall–Kier alpha value is -1.03. The first-order chi connectivity index (χ1) is 9.89. The van der Waals surface area contributed by atoms with Crippen LogP contribution in [0.1, 0.15) is 5.56 Å². The van der Waals surface area contributed by atoms with Crippen LogP contribution in [0.15, 0.2) is 29.2 Å². The molecule has 1 saturated heterocycles. The van der Waals surface area contributed by atoms with E-state index in [0.29, 0.717) is 0 Å². The molecule has 21 heavy (non-hydrogen) atoms. The van der Waals surface area contributed by atoms with Gasteiger partial charge in [-0.3, -0.25) is 4.18 Å². The second kappa shape index (κ2) is 6.39. The largest absolute Gasteiger partial charge is 0.394 e. The van der Waals surface area contributed by atoms with E-state index in [-0.39, 0.29) is 4.90 Å². The van der Waals surface area contributed by atoms with Crippen LogP contribution in [0.4, 0.5) is 0 Å². The van der Waals surface area contributed by atoms with Crippen LogP contribution in [0.3, 0.4) is 0 Å². The Labute approximate surface area is 123 Å². The van der Waals surface area contributed by atoms with Gasteiger partial charge in [0.1, 0.15) is 12.2 Å². The van der Waals surface area contributed by atoms with E-state index in [4.69, 9.17) is 18.8 Å². The maximum Gasteiger partial charge on any atom is 0.297 e. The molecule has 0 saturated carbocycles. The molecule has 2 N–H and O–H groups in total. The molecule has 2 rings (SSSR count). The summed E-state index contributed by atoms with van der Waals surface area (Å²) in [5.41, 5.74) is 0.910. The molecule has 0 unspecified atom stereocenters. The summed E-state index contributed by atoms with van der Waals surface area (Å²) in [7, 11) is -2.77. The van der Waals surface area contributed by atoms with Crippen LogP contribution < -0.4 is 0 Å². The monoisotopic (exact) mass is 318 g/mol. The Bertz CT molecular complexity index is 567. The van der Waals surface area contributed by atoms with Crippen molar-refractivity contribution in [3.8, 4) is 0 Å². The van der Waals surface area contributed by atoms with Gasteiger partial charge in [-0.25, -0.2) is 0 Å². The third-order valence-corrected chi connectivity index (χ3v) is 4.58. The predicted molar refractivity (Wildman–Crippen MR) is 72.0 cm³/mol. The highest BCUT2D eigenvalue weighted by Crippen LogP contribution is 2.27. The average molecular weight is 318 g/mol. The maximum absolute atomic E-state index is 12.2. The van der Waals surface area contributed by atoms with E-state index in [1.165, 1.54) is 19.2 Å². The number of benzene rings is 1. The summed E-state index contributed by atoms with van der Waals surface area (Å²) >= 11 is 0. The van der Waals surface area contributed by atoms with Gasteiger partial charge < -0.3 is 19.7 Å². The van der Waals surface area contributed by atoms with Gasteiger partial charge in [0.2, 0.25) is 0 Å². The second-order valence-electron chi connectivity index (χ2n) is 4.78. The Kier molecular flexibility index (Phi) is 4.97. The molecule has 0 spiro atoms. The van der Waals surface area contributed by atoms with Crippen molar-refractivity contribution in [3.63, 3.8) is 0 Å². The van der Waals surface area contributed by atoms with E-state index in [1.54, 1.807) is 12.1 Å². The number of hydrogen-bond acceptors (Lipinski definition) is 7. The van der Waals surface area contributed by atoms with Crippen molar-refractivity contribution in [2.45, 2.75) is 36.4 Å². The molecule has 8 heteroatoms. The minimum atomic E-state index is -4.07. The van der Waals surface area contributed by atoms with Crippen LogP contribution >= 0.6 is 0 Å². The third kappa shape index (κ3) is 3.42. The average Bonchev–Trinajstić information content (AvgIpc) is 2.75. The molecule has 1 aromatic rings. The number of rotatable bonds is 5. The molecule has 0 radical (unpaired) electrons. The van der Waals surface area contributed by atoms with E-state index in [1.807, 2.05) is 6.92 Å². The molecule has 1 aliphatic rings. The van der Waals surface area contributed by atoms with Gasteiger partial charge >= 0.3 is 0 Å². The molecule has 118 valence electrons. The zero-order valence-corrected chi connectivity index (χ0v) is 12.5. The smallest absolute Gasteiger partial charge is 0.297 e. The summed E-state index contributed by atoms with van der Waals surface area (Å²) in [6, 6.07) is 6.11. The summed E-state index contributed by atoms with van der Waals surface area (Å²) in [5.74, 6) is 0. The van der Waals surface area contributed by atoms with Crippen LogP contribution in [-0.2, 0) is 23.8 Å². The lowest BCUT2D eigenvalue weighted by Crippen LogP contribution is -2.38. The SMILES string of the molecule is CO[C@H]1O[C@H](CO)[C@@H](O)[C@H]1OS(=O)(=O)c1ccc(C)cc1. The van der Waals surface area contributed by atoms with Crippen LogP contribution in [0, 0.1) is 6.92 Å². The fourth-order valence-electron chi connectivity index (χ4n) is 2.05. The molecule has 1 aliphatic heterocycles. The fraction of sp³-hybridized carbons (Fsp3) is 0.538. The van der Waals surface area contributed by atoms with Crippen LogP contribution in [0.5, 0.6) is 0 Å². The van der Waals surface area contributed by atoms with Crippen molar-refractivity contribution in [2.24, 2.45) is 0 Å². The number of aryl methyl sites for hydroxylation is 1. The second-order valence-corrected chi connectivity index (χ2v) is 6.35. The van der Waals surface area contributed by atoms with Gasteiger partial charge in [0.05, 0.1) is 11.5 Å². The lowest BCUT2D eigenvalue weighted by atomic mass is 10.1. The molecule has 4 atom stereocenters. The molecule has 1 aromatic carbocycles. The highest BCUT2D eigenvalue weighted by molar-refractivity contribution is 7.86. The van der Waals surface area contributed by atoms with Gasteiger partial charge in [0.15, 0.2) is 12.4 Å². The van der Waals surface area contributed by atoms with Gasteiger partial charge in [-0.1, -0.05) is 17.7 Å². The summed E-state index contributed by atoms with van der Waals surface area (Å²) in [6.45, 7) is 1.37. The van der Waals surface area contributed by atoms with Crippen molar-refractivity contribution in [1.82, 2.24) is 0 Å². The summed E-state index contributed by atoms with van der Waals surface area (Å²) < 4.78 is 39.5. The predicted octanol–water partition coefficient (Wildman–Crippen LogP) is -0.207. The van der Waals surface area contributed by atoms with Gasteiger partial charge in [-0.2, -0.15) is 8.42 Å². The van der Waals surface area contributed by atoms with E-state index in [0.717, 1.165) is 5.56 Å². The van der Waals surface area contributed by atoms with Crippen molar-refractivity contribution in [1.29, 1.82) is 0 Å². The number of hydrogen-bond donors (Lipinski definition) is 2. The van der Waals surface area contributed by atoms with E-state index in [9.17, 15) is 13.5 Å². The quantitative estimate of drug-likeness (QED) is 0.724. The normalized spacial score (nSPS) is 29.7. The maximum atomic E-state index is 12.2. The first-order valence-corrected chi connectivity index (χ1v) is 7.77. The van der Waals surface area contributed by atoms with E-state index in [2.05, 4.69) is 0 Å². The molecule has 1 heterocycles. The Morgan fingerprint density at radius 3 is 2.43 bits per heavy atom. The van der Waals surface area contributed by atoms with Crippen molar-refractivity contribution >= 4 is 10.1 Å². The molecule has 0 amide bonds. The molecule has 7 nitrogen and oxygen atoms in total. The molecule has 0 bridgehead atoms. The van der Waals surface area contributed by atoms with Crippen molar-refractivity contribution in [3.05, 3.63) is 29.8 Å². The fourth-order valence-corrected chi connectivity index (χ4v) is 3.13. The molecular formula is C13H18O7S. The molecule has 0 aliphatic carbocycles. The number of methoxy groups -OCH3 is 1. The number of aliphatic hydroxyl groups excluding tert-OH is 2. The zero-order chi connectivity index (χ0) is 15.6. The van der Waals surface area contributed by atoms with Gasteiger partial charge in [0, 0.05) is 7.11 Å². The van der Waals surface area contributed by atoms with Gasteiger partial charge in [0.25, 0.3) is 10.1 Å². The van der Waals surface area contributed by atoms with E-state index < -0.39 is 41.3 Å². The lowest BCUT2D eigenvalue weighted by Gasteiger charge is -2.19. The minimum Gasteiger partial charge on any atom is -0.394 e. The van der Waals surface area contributed by atoms with Gasteiger partial charge in [-0.15, -0.1) is 0 Å². The summed E-state index contributed by atoms with van der Waals surface area (Å²) in [4.78, 5) is -0.0254. The standard InChI is InChI=1S/C13H18O7S/c1-8-3-5-9(6-4-8)21(16,17)20-12-11(15)10(7-14)19-13(12)18-2/h3-6,10-15H,7H2,1-2H3/t10-,11-,12-,13+/m1/s1. The molecule has 0 aromatic heterocycles. The summed E-state index contributed by atoms with van der Waals surface area (Å²) in [6.07, 6.45) is -4.57. The topological polar surface area (TPSA) is 102 Å². The highest BCUT2D eigenvalue weighted by Gasteiger charge is 2.47. The highest BCUT2D eigenvalue weighted by atomic mass is 32.2. The Balaban J connectivity index is 2.21. The van der Waals surface area contributed by atoms with Crippen LogP contribution in [-0.4, -0.2) is 56.9 Å². The van der Waals surface area contributed by atoms with Crippen molar-refractivity contribution in [2.75, 3.05) is 13.7 Å². The van der Waals surface area contributed by atoms with Gasteiger partial charge in [-0.05, 0) is 19.1 Å². The van der Waals surface area contributed by atoms with Crippen LogP contribution in [0.25, 0.3) is 0 Å². The minimum absolute atomic E-state index is 0.0254. The Morgan fingerprint density at radius 1 is 1.29 bits per heavy atom. The van der Waals surface area contributed by atoms with Crippen molar-refractivity contribution < 1.29 is 32.3 Å². The number of aliphatic hydroxyl groups is 2. The third-order valence-electron chi connectivity index (χ3n) is 3.25. The number of ether oxygens (including phenoxy) is 2. The molecular weight excluding hydrogens is 300 g/mol. The first kappa shape index (κ1) is 16.3. The van der Waals surface area contributed by atoms with E-state index >= 15 is 0 Å². The Morgan fingerprint density at radius 2 is 1.90 bits per heavy atom. The molecule has 1 fully saturated rings. The summed E-state index contributed by atoms with van der Waals surface area (Å²) in [5, 5.41) is 19.0. The first-order valence-electron chi connectivity index (χ1n) is 6.36. The lowest BCUT2D eigenvalue weighted by molar-refractivity contribution is -0.148. The zero-order valence-electron chi connectivity index (χ0n) is 11.7. The van der Waals surface area contributed by atoms with Crippen LogP contribution in [0.2, 0.25) is 0 Å².